The molecule has 2 nitrogen and oxygen atoms in total. The van der Waals surface area contributed by atoms with Gasteiger partial charge in [0.1, 0.15) is 0 Å². The number of pyridine rings is 1. The summed E-state index contributed by atoms with van der Waals surface area (Å²) >= 11 is 0. The normalized spacial score (nSPS) is 10.8. The number of unbranched alkanes of at least 4 members (excludes halogenated alkanes) is 2. The molecule has 1 heterocycles. The van der Waals surface area contributed by atoms with Crippen molar-refractivity contribution in [1.82, 2.24) is 4.57 Å². The van der Waals surface area contributed by atoms with Gasteiger partial charge in [0.05, 0.1) is 5.52 Å². The lowest BCUT2D eigenvalue weighted by Gasteiger charge is -2.09. The van der Waals surface area contributed by atoms with E-state index >= 15 is 0 Å². The molecule has 0 saturated heterocycles. The Labute approximate surface area is 95.5 Å². The maximum Gasteiger partial charge on any atom is 0.251 e. The number of aryl methyl sites for hydroxylation is 1. The monoisotopic (exact) mass is 214 g/mol. The van der Waals surface area contributed by atoms with Crippen molar-refractivity contribution >= 4 is 10.9 Å². The Morgan fingerprint density at radius 3 is 2.69 bits per heavy atom. The Morgan fingerprint density at radius 2 is 1.88 bits per heavy atom. The van der Waals surface area contributed by atoms with Gasteiger partial charge in [0.2, 0.25) is 0 Å². The first-order valence-corrected chi connectivity index (χ1v) is 5.71. The third-order valence-electron chi connectivity index (χ3n) is 2.78. The molecule has 1 aromatic carbocycles. The van der Waals surface area contributed by atoms with Gasteiger partial charge in [-0.2, -0.15) is 0 Å². The molecule has 0 unspecified atom stereocenters. The topological polar surface area (TPSA) is 22.0 Å². The Bertz CT molecular complexity index is 527. The first kappa shape index (κ1) is 10.9. The molecule has 0 aliphatic heterocycles. The average Bonchev–Trinajstić information content (AvgIpc) is 2.32. The maximum absolute atomic E-state index is 11.8. The van der Waals surface area contributed by atoms with Crippen LogP contribution in [0.2, 0.25) is 0 Å². The summed E-state index contributed by atoms with van der Waals surface area (Å²) in [7, 11) is 0. The highest BCUT2D eigenvalue weighted by Gasteiger charge is 2.01. The second kappa shape index (κ2) is 4.97. The van der Waals surface area contributed by atoms with E-state index in [0.29, 0.717) is 0 Å². The molecule has 0 aliphatic carbocycles. The smallest absolute Gasteiger partial charge is 0.251 e. The largest absolute Gasteiger partial charge is 0.308 e. The predicted octanol–water partition coefficient (Wildman–Crippen LogP) is 3.01. The van der Waals surface area contributed by atoms with Crippen LogP contribution in [0.25, 0.3) is 10.9 Å². The van der Waals surface area contributed by atoms with Crippen molar-refractivity contribution in [2.45, 2.75) is 25.8 Å². The van der Waals surface area contributed by atoms with E-state index in [1.54, 1.807) is 6.07 Å². The number of hydrogen-bond donors (Lipinski definition) is 0. The van der Waals surface area contributed by atoms with Crippen LogP contribution in [-0.4, -0.2) is 4.57 Å². The van der Waals surface area contributed by atoms with Gasteiger partial charge in [-0.3, -0.25) is 4.79 Å². The Kier molecular flexibility index (Phi) is 3.40. The Morgan fingerprint density at radius 1 is 1.06 bits per heavy atom. The zero-order valence-electron chi connectivity index (χ0n) is 9.36. The predicted molar refractivity (Wildman–Crippen MR) is 67.4 cm³/mol. The number of nitrogens with zero attached hydrogens (tertiary/aromatic N) is 1. The molecule has 0 amide bonds. The average molecular weight is 214 g/mol. The lowest BCUT2D eigenvalue weighted by Crippen LogP contribution is -2.19. The van der Waals surface area contributed by atoms with Crippen LogP contribution < -0.4 is 5.56 Å². The van der Waals surface area contributed by atoms with Gasteiger partial charge in [-0.25, -0.2) is 0 Å². The number of rotatable bonds is 4. The Balaban J connectivity index is 2.41. The molecule has 0 saturated carbocycles. The van der Waals surface area contributed by atoms with Crippen molar-refractivity contribution in [3.8, 4) is 0 Å². The minimum atomic E-state index is 0.0859. The summed E-state index contributed by atoms with van der Waals surface area (Å²) in [5.74, 6) is 0. The van der Waals surface area contributed by atoms with Gasteiger partial charge in [-0.1, -0.05) is 38.0 Å². The van der Waals surface area contributed by atoms with E-state index in [9.17, 15) is 4.79 Å². The van der Waals surface area contributed by atoms with Gasteiger partial charge in [0.15, 0.2) is 0 Å². The van der Waals surface area contributed by atoms with Crippen LogP contribution in [-0.2, 0) is 6.54 Å². The molecule has 0 spiro atoms. The van der Waals surface area contributed by atoms with Crippen molar-refractivity contribution < 1.29 is 0 Å². The summed E-state index contributed by atoms with van der Waals surface area (Å²) < 4.78 is 1.85. The Hall–Kier alpha value is -1.57. The molecule has 0 bridgehead atoms. The van der Waals surface area contributed by atoms with Crippen molar-refractivity contribution in [1.29, 1.82) is 0 Å². The fraction of sp³-hybridized carbons (Fsp3) is 0.286. The van der Waals surface area contributed by atoms with Gasteiger partial charge >= 0.3 is 0 Å². The maximum atomic E-state index is 11.8. The molecule has 0 fully saturated rings. The van der Waals surface area contributed by atoms with Crippen LogP contribution in [0.15, 0.2) is 41.2 Å². The number of benzene rings is 1. The first-order valence-electron chi connectivity index (χ1n) is 5.71. The van der Waals surface area contributed by atoms with Crippen LogP contribution in [0.5, 0.6) is 0 Å². The highest BCUT2D eigenvalue weighted by atomic mass is 16.1. The van der Waals surface area contributed by atoms with Crippen molar-refractivity contribution in [3.05, 3.63) is 53.7 Å². The highest BCUT2D eigenvalue weighted by molar-refractivity contribution is 5.78. The first-order chi connectivity index (χ1) is 7.83. The molecule has 0 N–H and O–H groups in total. The second-order valence-corrected chi connectivity index (χ2v) is 3.94. The summed E-state index contributed by atoms with van der Waals surface area (Å²) in [6.07, 6.45) is 3.01. The molecule has 2 aromatic rings. The molecule has 2 rings (SSSR count). The van der Waals surface area contributed by atoms with E-state index in [0.717, 1.165) is 36.7 Å². The second-order valence-electron chi connectivity index (χ2n) is 3.94. The van der Waals surface area contributed by atoms with Crippen LogP contribution in [0.3, 0.4) is 0 Å². The molecular weight excluding hydrogens is 198 g/mol. The highest BCUT2D eigenvalue weighted by Crippen LogP contribution is 2.11. The quantitative estimate of drug-likeness (QED) is 0.717. The lowest BCUT2D eigenvalue weighted by atomic mass is 10.2. The summed E-state index contributed by atoms with van der Waals surface area (Å²) in [6, 6.07) is 11.5. The van der Waals surface area contributed by atoms with E-state index in [1.807, 2.05) is 34.9 Å². The van der Waals surface area contributed by atoms with E-state index in [1.165, 1.54) is 0 Å². The van der Waals surface area contributed by atoms with Crippen molar-refractivity contribution in [2.24, 2.45) is 0 Å². The van der Waals surface area contributed by atoms with Crippen molar-refractivity contribution in [3.63, 3.8) is 0 Å². The van der Waals surface area contributed by atoms with Gasteiger partial charge < -0.3 is 4.57 Å². The standard InChI is InChI=1S/C14H16NO/c1-2-3-6-11-15-13-8-5-4-7-12(13)9-10-14(15)16/h4-5,7-10H,1-3,6,11H2. The molecule has 1 aromatic heterocycles. The minimum absolute atomic E-state index is 0.0859. The molecule has 1 radical (unpaired) electrons. The van der Waals surface area contributed by atoms with Crippen LogP contribution >= 0.6 is 0 Å². The van der Waals surface area contributed by atoms with Crippen LogP contribution in [0.4, 0.5) is 0 Å². The van der Waals surface area contributed by atoms with E-state index in [4.69, 9.17) is 0 Å². The molecular formula is C14H16NO. The summed E-state index contributed by atoms with van der Waals surface area (Å²) in [4.78, 5) is 11.8. The van der Waals surface area contributed by atoms with Crippen LogP contribution in [0.1, 0.15) is 19.3 Å². The molecule has 83 valence electrons. The lowest BCUT2D eigenvalue weighted by molar-refractivity contribution is 0.613. The number of hydrogen-bond acceptors (Lipinski definition) is 1. The number of fused-ring (bicyclic) bond motifs is 1. The number of aromatic nitrogens is 1. The third kappa shape index (κ3) is 2.16. The van der Waals surface area contributed by atoms with Crippen LogP contribution in [0, 0.1) is 6.92 Å². The van der Waals surface area contributed by atoms with Gasteiger partial charge in [-0.05, 0) is 23.9 Å². The summed E-state index contributed by atoms with van der Waals surface area (Å²) in [5.41, 5.74) is 1.11. The molecule has 2 heteroatoms. The summed E-state index contributed by atoms with van der Waals surface area (Å²) in [5, 5.41) is 1.12. The fourth-order valence-corrected chi connectivity index (χ4v) is 1.92. The molecule has 0 atom stereocenters. The van der Waals surface area contributed by atoms with Gasteiger partial charge in [0, 0.05) is 12.6 Å². The fourth-order valence-electron chi connectivity index (χ4n) is 1.92. The zero-order chi connectivity index (χ0) is 11.4. The molecule has 0 aliphatic rings. The zero-order valence-corrected chi connectivity index (χ0v) is 9.36. The van der Waals surface area contributed by atoms with Crippen molar-refractivity contribution in [2.75, 3.05) is 0 Å². The van der Waals surface area contributed by atoms with E-state index in [2.05, 4.69) is 6.92 Å². The summed E-state index contributed by atoms with van der Waals surface area (Å²) in [6.45, 7) is 4.60. The van der Waals surface area contributed by atoms with E-state index < -0.39 is 0 Å². The molecule has 16 heavy (non-hydrogen) atoms. The minimum Gasteiger partial charge on any atom is -0.308 e. The van der Waals surface area contributed by atoms with E-state index in [-0.39, 0.29) is 5.56 Å². The SMILES string of the molecule is [CH2]CCCCn1c(=O)ccc2ccccc21. The number of para-hydroxylation sites is 1. The van der Waals surface area contributed by atoms with Gasteiger partial charge in [-0.15, -0.1) is 0 Å². The van der Waals surface area contributed by atoms with Gasteiger partial charge in [0.25, 0.3) is 5.56 Å². The third-order valence-corrected chi connectivity index (χ3v) is 2.78.